The zero-order valence-corrected chi connectivity index (χ0v) is 14.7. The molecule has 2 aliphatic rings. The Labute approximate surface area is 149 Å². The summed E-state index contributed by atoms with van der Waals surface area (Å²) in [7, 11) is 0. The van der Waals surface area contributed by atoms with E-state index in [1.807, 2.05) is 31.3 Å². The summed E-state index contributed by atoms with van der Waals surface area (Å²) in [6.45, 7) is 2.40. The molecule has 4 rings (SSSR count). The fourth-order valence-electron chi connectivity index (χ4n) is 3.48. The molecule has 0 aliphatic carbocycles. The molecule has 2 aromatic rings. The van der Waals surface area contributed by atoms with Gasteiger partial charge in [0.1, 0.15) is 6.04 Å². The highest BCUT2D eigenvalue weighted by Gasteiger charge is 2.52. The molecule has 25 heavy (non-hydrogen) atoms. The van der Waals surface area contributed by atoms with Crippen LogP contribution in [-0.4, -0.2) is 48.1 Å². The minimum Gasteiger partial charge on any atom is -0.350 e. The summed E-state index contributed by atoms with van der Waals surface area (Å²) in [6, 6.07) is 5.18. The van der Waals surface area contributed by atoms with Crippen LogP contribution in [0, 0.1) is 0 Å². The third-order valence-corrected chi connectivity index (χ3v) is 6.29. The number of fused-ring (bicyclic) bond motifs is 1. The molecule has 2 unspecified atom stereocenters. The predicted octanol–water partition coefficient (Wildman–Crippen LogP) is 1.34. The van der Waals surface area contributed by atoms with E-state index in [1.165, 1.54) is 0 Å². The summed E-state index contributed by atoms with van der Waals surface area (Å²) in [5, 5.41) is 7.17. The van der Waals surface area contributed by atoms with Crippen molar-refractivity contribution < 1.29 is 9.59 Å². The van der Waals surface area contributed by atoms with Gasteiger partial charge in [-0.2, -0.15) is 5.10 Å². The summed E-state index contributed by atoms with van der Waals surface area (Å²) in [6.07, 6.45) is 6.54. The number of hydrogen-bond donors (Lipinski definition) is 1. The topological polar surface area (TPSA) is 80.1 Å². The molecule has 8 heteroatoms. The van der Waals surface area contributed by atoms with Crippen LogP contribution in [0.3, 0.4) is 0 Å². The Morgan fingerprint density at radius 1 is 1.44 bits per heavy atom. The van der Waals surface area contributed by atoms with Gasteiger partial charge in [0.15, 0.2) is 5.82 Å². The van der Waals surface area contributed by atoms with Gasteiger partial charge in [-0.3, -0.25) is 9.59 Å². The van der Waals surface area contributed by atoms with Crippen molar-refractivity contribution in [2.75, 3.05) is 5.75 Å². The Kier molecular flexibility index (Phi) is 3.99. The van der Waals surface area contributed by atoms with Crippen LogP contribution in [0.2, 0.25) is 0 Å². The first-order valence-corrected chi connectivity index (χ1v) is 9.25. The Hall–Kier alpha value is -2.35. The lowest BCUT2D eigenvalue weighted by atomic mass is 10.2. The number of thioether (sulfide) groups is 1. The second-order valence-electron chi connectivity index (χ2n) is 6.42. The minimum absolute atomic E-state index is 0.0752. The number of nitrogens with zero attached hydrogens (tertiary/aromatic N) is 4. The van der Waals surface area contributed by atoms with Crippen LogP contribution in [0.4, 0.5) is 0 Å². The van der Waals surface area contributed by atoms with Crippen molar-refractivity contribution >= 4 is 23.6 Å². The lowest BCUT2D eigenvalue weighted by Crippen LogP contribution is -2.49. The number of carbonyl (C=O) groups is 2. The van der Waals surface area contributed by atoms with Crippen molar-refractivity contribution in [3.8, 4) is 5.82 Å². The van der Waals surface area contributed by atoms with Gasteiger partial charge >= 0.3 is 0 Å². The standard InChI is InChI=1S/C17H19N5O2S/c1-17-6-5-14(23)22(17)13(11-25-17)16(24)19-10-12-4-2-7-18-15(12)21-9-3-8-20-21/h2-4,7-9,13H,5-6,10-11H2,1H3,(H,19,24). The summed E-state index contributed by atoms with van der Waals surface area (Å²) < 4.78 is 1.67. The molecule has 7 nitrogen and oxygen atoms in total. The number of amides is 2. The number of pyridine rings is 1. The average molecular weight is 357 g/mol. The molecule has 2 aliphatic heterocycles. The first-order chi connectivity index (χ1) is 12.1. The first kappa shape index (κ1) is 16.1. The van der Waals surface area contributed by atoms with Crippen molar-refractivity contribution in [2.45, 2.75) is 37.2 Å². The summed E-state index contributed by atoms with van der Waals surface area (Å²) >= 11 is 1.70. The molecular formula is C17H19N5O2S. The van der Waals surface area contributed by atoms with E-state index in [2.05, 4.69) is 15.4 Å². The predicted molar refractivity (Wildman–Crippen MR) is 93.9 cm³/mol. The number of nitrogens with one attached hydrogen (secondary N) is 1. The molecule has 0 saturated carbocycles. The van der Waals surface area contributed by atoms with E-state index in [9.17, 15) is 9.59 Å². The van der Waals surface area contributed by atoms with Gasteiger partial charge in [0.2, 0.25) is 11.8 Å². The maximum Gasteiger partial charge on any atom is 0.243 e. The van der Waals surface area contributed by atoms with Crippen LogP contribution < -0.4 is 5.32 Å². The first-order valence-electron chi connectivity index (χ1n) is 8.26. The minimum atomic E-state index is -0.394. The SMILES string of the molecule is CC12CCC(=O)N1C(C(=O)NCc1cccnc1-n1cccn1)CS2. The van der Waals surface area contributed by atoms with Gasteiger partial charge in [0, 0.05) is 42.9 Å². The number of carbonyl (C=O) groups excluding carboxylic acids is 2. The molecule has 0 bridgehead atoms. The summed E-state index contributed by atoms with van der Waals surface area (Å²) in [5.74, 6) is 1.30. The van der Waals surface area contributed by atoms with Crippen LogP contribution in [-0.2, 0) is 16.1 Å². The second kappa shape index (κ2) is 6.18. The molecule has 2 amide bonds. The largest absolute Gasteiger partial charge is 0.350 e. The van der Waals surface area contributed by atoms with Crippen molar-refractivity contribution in [3.63, 3.8) is 0 Å². The van der Waals surface area contributed by atoms with Gasteiger partial charge in [-0.25, -0.2) is 9.67 Å². The lowest BCUT2D eigenvalue weighted by Gasteiger charge is -2.29. The van der Waals surface area contributed by atoms with Gasteiger partial charge in [-0.05, 0) is 25.5 Å². The normalized spacial score (nSPS) is 25.2. The van der Waals surface area contributed by atoms with Gasteiger partial charge in [0.25, 0.3) is 0 Å². The van der Waals surface area contributed by atoms with Gasteiger partial charge in [-0.15, -0.1) is 11.8 Å². The van der Waals surface area contributed by atoms with Crippen molar-refractivity contribution in [1.82, 2.24) is 25.0 Å². The monoisotopic (exact) mass is 357 g/mol. The smallest absolute Gasteiger partial charge is 0.243 e. The maximum atomic E-state index is 12.7. The third-order valence-electron chi connectivity index (χ3n) is 4.79. The lowest BCUT2D eigenvalue weighted by molar-refractivity contribution is -0.138. The highest BCUT2D eigenvalue weighted by Crippen LogP contribution is 2.47. The average Bonchev–Trinajstić information content (AvgIpc) is 3.31. The molecule has 2 fully saturated rings. The molecule has 2 aromatic heterocycles. The molecule has 0 aromatic carbocycles. The van der Waals surface area contributed by atoms with Crippen LogP contribution in [0.25, 0.3) is 5.82 Å². The zero-order valence-electron chi connectivity index (χ0n) is 13.9. The number of hydrogen-bond acceptors (Lipinski definition) is 5. The molecular weight excluding hydrogens is 338 g/mol. The van der Waals surface area contributed by atoms with E-state index in [1.54, 1.807) is 33.7 Å². The van der Waals surface area contributed by atoms with E-state index >= 15 is 0 Å². The summed E-state index contributed by atoms with van der Waals surface area (Å²) in [5.41, 5.74) is 0.876. The molecule has 4 heterocycles. The zero-order chi connectivity index (χ0) is 17.4. The Morgan fingerprint density at radius 2 is 2.32 bits per heavy atom. The van der Waals surface area contributed by atoms with E-state index in [4.69, 9.17) is 0 Å². The Bertz CT molecular complexity index is 809. The molecule has 0 radical (unpaired) electrons. The van der Waals surface area contributed by atoms with E-state index < -0.39 is 6.04 Å². The number of aromatic nitrogens is 3. The molecule has 1 N–H and O–H groups in total. The van der Waals surface area contributed by atoms with Crippen molar-refractivity contribution in [3.05, 3.63) is 42.4 Å². The fourth-order valence-corrected chi connectivity index (χ4v) is 4.92. The molecule has 2 atom stereocenters. The van der Waals surface area contributed by atoms with E-state index in [0.717, 1.165) is 12.0 Å². The highest BCUT2D eigenvalue weighted by molar-refractivity contribution is 8.01. The molecule has 2 saturated heterocycles. The Balaban J connectivity index is 1.48. The van der Waals surface area contributed by atoms with Crippen LogP contribution in [0.1, 0.15) is 25.3 Å². The number of rotatable bonds is 4. The maximum absolute atomic E-state index is 12.7. The third kappa shape index (κ3) is 2.80. The van der Waals surface area contributed by atoms with Crippen LogP contribution >= 0.6 is 11.8 Å². The second-order valence-corrected chi connectivity index (χ2v) is 7.92. The van der Waals surface area contributed by atoms with E-state index in [-0.39, 0.29) is 16.7 Å². The van der Waals surface area contributed by atoms with Crippen molar-refractivity contribution in [1.29, 1.82) is 0 Å². The van der Waals surface area contributed by atoms with E-state index in [0.29, 0.717) is 24.5 Å². The molecule has 130 valence electrons. The highest BCUT2D eigenvalue weighted by atomic mass is 32.2. The van der Waals surface area contributed by atoms with Gasteiger partial charge in [-0.1, -0.05) is 6.07 Å². The fraction of sp³-hybridized carbons (Fsp3) is 0.412. The van der Waals surface area contributed by atoms with Gasteiger partial charge < -0.3 is 10.2 Å². The van der Waals surface area contributed by atoms with Crippen LogP contribution in [0.15, 0.2) is 36.8 Å². The molecule has 0 spiro atoms. The van der Waals surface area contributed by atoms with Gasteiger partial charge in [0.05, 0.1) is 4.87 Å². The Morgan fingerprint density at radius 3 is 3.12 bits per heavy atom. The van der Waals surface area contributed by atoms with Crippen LogP contribution in [0.5, 0.6) is 0 Å². The quantitative estimate of drug-likeness (QED) is 0.893. The summed E-state index contributed by atoms with van der Waals surface area (Å²) in [4.78, 5) is 30.7. The van der Waals surface area contributed by atoms with Crippen molar-refractivity contribution in [2.24, 2.45) is 0 Å².